The average molecular weight is 173 g/mol. The molecule has 62 valence electrons. The molecular formula is C7H11NO2S. The maximum Gasteiger partial charge on any atom is 0.287 e. The van der Waals surface area contributed by atoms with E-state index in [1.165, 1.54) is 0 Å². The molecule has 1 amide bonds. The van der Waals surface area contributed by atoms with Crippen LogP contribution in [0.4, 0.5) is 4.79 Å². The molecular weight excluding hydrogens is 162 g/mol. The van der Waals surface area contributed by atoms with Crippen molar-refractivity contribution in [3.8, 4) is 0 Å². The van der Waals surface area contributed by atoms with E-state index in [1.54, 1.807) is 0 Å². The first-order chi connectivity index (χ1) is 5.09. The lowest BCUT2D eigenvalue weighted by atomic mass is 10.1. The Labute approximate surface area is 69.9 Å². The molecule has 0 unspecified atom stereocenters. The maximum atomic E-state index is 11.0. The summed E-state index contributed by atoms with van der Waals surface area (Å²) in [6.45, 7) is 4.06. The largest absolute Gasteiger partial charge is 0.336 e. The molecule has 1 fully saturated rings. The third-order valence-electron chi connectivity index (χ3n) is 1.48. The molecule has 1 saturated heterocycles. The molecule has 0 bridgehead atoms. The second-order valence-electron chi connectivity index (χ2n) is 3.04. The fourth-order valence-corrected chi connectivity index (χ4v) is 1.70. The SMILES string of the molecule is CC(C)C[C@H]1NC(=O)SC1=O. The molecule has 0 aromatic rings. The van der Waals surface area contributed by atoms with Gasteiger partial charge >= 0.3 is 0 Å². The third-order valence-corrected chi connectivity index (χ3v) is 2.27. The van der Waals surface area contributed by atoms with Crippen LogP contribution in [0, 0.1) is 5.92 Å². The molecule has 3 nitrogen and oxygen atoms in total. The number of hydrogen-bond donors (Lipinski definition) is 1. The van der Waals surface area contributed by atoms with E-state index in [-0.39, 0.29) is 16.4 Å². The zero-order valence-corrected chi connectivity index (χ0v) is 7.40. The normalized spacial score (nSPS) is 24.5. The standard InChI is InChI=1S/C7H11NO2S/c1-4(2)3-5-6(9)11-7(10)8-5/h4-5H,3H2,1-2H3,(H,8,10)/t5-/m1/s1. The van der Waals surface area contributed by atoms with Crippen LogP contribution >= 0.6 is 11.8 Å². The van der Waals surface area contributed by atoms with Crippen molar-refractivity contribution in [2.45, 2.75) is 26.3 Å². The topological polar surface area (TPSA) is 46.2 Å². The Bertz CT molecular complexity index is 191. The van der Waals surface area contributed by atoms with Gasteiger partial charge in [0.15, 0.2) is 0 Å². The van der Waals surface area contributed by atoms with Gasteiger partial charge in [-0.3, -0.25) is 9.59 Å². The van der Waals surface area contributed by atoms with Crippen LogP contribution in [-0.4, -0.2) is 16.4 Å². The van der Waals surface area contributed by atoms with Crippen LogP contribution in [0.15, 0.2) is 0 Å². The molecule has 0 aromatic carbocycles. The molecule has 0 aliphatic carbocycles. The Morgan fingerprint density at radius 1 is 1.55 bits per heavy atom. The van der Waals surface area contributed by atoms with Crippen molar-refractivity contribution in [3.05, 3.63) is 0 Å². The van der Waals surface area contributed by atoms with E-state index in [9.17, 15) is 9.59 Å². The average Bonchev–Trinajstić information content (AvgIpc) is 2.09. The molecule has 1 N–H and O–H groups in total. The van der Waals surface area contributed by atoms with Crippen LogP contribution in [0.5, 0.6) is 0 Å². The van der Waals surface area contributed by atoms with Gasteiger partial charge in [-0.25, -0.2) is 0 Å². The molecule has 1 rings (SSSR count). The van der Waals surface area contributed by atoms with Crippen molar-refractivity contribution >= 4 is 22.1 Å². The lowest BCUT2D eigenvalue weighted by molar-refractivity contribution is -0.112. The van der Waals surface area contributed by atoms with Crippen LogP contribution in [0.25, 0.3) is 0 Å². The minimum absolute atomic E-state index is 0.0382. The number of rotatable bonds is 2. The van der Waals surface area contributed by atoms with Gasteiger partial charge in [0.1, 0.15) is 0 Å². The first-order valence-corrected chi connectivity index (χ1v) is 4.43. The predicted molar refractivity (Wildman–Crippen MR) is 44.4 cm³/mol. The van der Waals surface area contributed by atoms with Gasteiger partial charge in [-0.2, -0.15) is 0 Å². The van der Waals surface area contributed by atoms with Gasteiger partial charge in [0.2, 0.25) is 5.12 Å². The fourth-order valence-electron chi connectivity index (χ4n) is 1.02. The zero-order chi connectivity index (χ0) is 8.43. The van der Waals surface area contributed by atoms with Crippen molar-refractivity contribution < 1.29 is 9.59 Å². The van der Waals surface area contributed by atoms with Crippen molar-refractivity contribution in [3.63, 3.8) is 0 Å². The van der Waals surface area contributed by atoms with Gasteiger partial charge in [-0.05, 0) is 12.3 Å². The number of nitrogens with one attached hydrogen (secondary N) is 1. The zero-order valence-electron chi connectivity index (χ0n) is 6.59. The van der Waals surface area contributed by atoms with E-state index in [2.05, 4.69) is 5.32 Å². The lowest BCUT2D eigenvalue weighted by Crippen LogP contribution is -2.29. The van der Waals surface area contributed by atoms with Crippen molar-refractivity contribution in [2.24, 2.45) is 5.92 Å². The summed E-state index contributed by atoms with van der Waals surface area (Å²) >= 11 is 0.782. The maximum absolute atomic E-state index is 11.0. The Balaban J connectivity index is 2.47. The van der Waals surface area contributed by atoms with Crippen molar-refractivity contribution in [1.82, 2.24) is 5.32 Å². The molecule has 11 heavy (non-hydrogen) atoms. The Kier molecular flexibility index (Phi) is 2.54. The van der Waals surface area contributed by atoms with Crippen molar-refractivity contribution in [2.75, 3.05) is 0 Å². The summed E-state index contributed by atoms with van der Waals surface area (Å²) in [5, 5.41) is 2.36. The van der Waals surface area contributed by atoms with E-state index in [0.29, 0.717) is 5.92 Å². The highest BCUT2D eigenvalue weighted by atomic mass is 32.2. The second-order valence-corrected chi connectivity index (χ2v) is 4.01. The summed E-state index contributed by atoms with van der Waals surface area (Å²) in [7, 11) is 0. The molecule has 0 aromatic heterocycles. The lowest BCUT2D eigenvalue weighted by Gasteiger charge is -2.09. The van der Waals surface area contributed by atoms with Gasteiger partial charge in [0.05, 0.1) is 6.04 Å². The molecule has 1 aliphatic heterocycles. The van der Waals surface area contributed by atoms with Crippen LogP contribution in [0.2, 0.25) is 0 Å². The summed E-state index contributed by atoms with van der Waals surface area (Å²) in [6, 6.07) is -0.243. The van der Waals surface area contributed by atoms with E-state index >= 15 is 0 Å². The van der Waals surface area contributed by atoms with E-state index in [0.717, 1.165) is 18.2 Å². The van der Waals surface area contributed by atoms with Crippen LogP contribution in [-0.2, 0) is 4.79 Å². The second kappa shape index (κ2) is 3.26. The van der Waals surface area contributed by atoms with E-state index in [4.69, 9.17) is 0 Å². The minimum atomic E-state index is -0.243. The molecule has 4 heteroatoms. The smallest absolute Gasteiger partial charge is 0.287 e. The van der Waals surface area contributed by atoms with Gasteiger partial charge in [0.25, 0.3) is 5.24 Å². The monoisotopic (exact) mass is 173 g/mol. The molecule has 1 aliphatic rings. The van der Waals surface area contributed by atoms with E-state index in [1.807, 2.05) is 13.8 Å². The first-order valence-electron chi connectivity index (χ1n) is 3.62. The molecule has 1 heterocycles. The van der Waals surface area contributed by atoms with Crippen LogP contribution in [0.3, 0.4) is 0 Å². The van der Waals surface area contributed by atoms with Gasteiger partial charge in [-0.15, -0.1) is 0 Å². The van der Waals surface area contributed by atoms with Crippen molar-refractivity contribution in [1.29, 1.82) is 0 Å². The number of thioether (sulfide) groups is 1. The Morgan fingerprint density at radius 3 is 2.55 bits per heavy atom. The number of carbonyl (C=O) groups excluding carboxylic acids is 2. The van der Waals surface area contributed by atoms with Gasteiger partial charge in [-0.1, -0.05) is 13.8 Å². The third kappa shape index (κ3) is 2.22. The van der Waals surface area contributed by atoms with Crippen LogP contribution < -0.4 is 5.32 Å². The Hall–Kier alpha value is -0.510. The van der Waals surface area contributed by atoms with Gasteiger partial charge < -0.3 is 5.32 Å². The van der Waals surface area contributed by atoms with Crippen LogP contribution in [0.1, 0.15) is 20.3 Å². The summed E-state index contributed by atoms with van der Waals surface area (Å²) in [6.07, 6.45) is 0.748. The minimum Gasteiger partial charge on any atom is -0.336 e. The number of carbonyl (C=O) groups is 2. The highest BCUT2D eigenvalue weighted by Gasteiger charge is 2.31. The summed E-state index contributed by atoms with van der Waals surface area (Å²) in [5.74, 6) is 0.447. The summed E-state index contributed by atoms with van der Waals surface area (Å²) in [5.41, 5.74) is 0. The first kappa shape index (κ1) is 8.59. The van der Waals surface area contributed by atoms with Gasteiger partial charge in [0, 0.05) is 11.8 Å². The predicted octanol–water partition coefficient (Wildman–Crippen LogP) is 1.38. The Morgan fingerprint density at radius 2 is 2.18 bits per heavy atom. The van der Waals surface area contributed by atoms with E-state index < -0.39 is 0 Å². The molecule has 0 radical (unpaired) electrons. The molecule has 0 spiro atoms. The fraction of sp³-hybridized carbons (Fsp3) is 0.714. The number of hydrogen-bond acceptors (Lipinski definition) is 3. The highest BCUT2D eigenvalue weighted by molar-refractivity contribution is 8.26. The molecule has 0 saturated carbocycles. The molecule has 1 atom stereocenters. The highest BCUT2D eigenvalue weighted by Crippen LogP contribution is 2.20. The number of amides is 1. The quantitative estimate of drug-likeness (QED) is 0.686. The summed E-state index contributed by atoms with van der Waals surface area (Å²) in [4.78, 5) is 21.7. The summed E-state index contributed by atoms with van der Waals surface area (Å²) < 4.78 is 0.